The first-order valence-electron chi connectivity index (χ1n) is 4.97. The van der Waals surface area contributed by atoms with Crippen LogP contribution < -0.4 is 0 Å². The predicted molar refractivity (Wildman–Crippen MR) is 59.8 cm³/mol. The van der Waals surface area contributed by atoms with E-state index in [9.17, 15) is 22.7 Å². The molecule has 0 aliphatic carbocycles. The molecule has 0 saturated carbocycles. The van der Waals surface area contributed by atoms with Crippen molar-refractivity contribution in [3.8, 4) is 0 Å². The smallest absolute Gasteiger partial charge is 0.383 e. The Morgan fingerprint density at radius 2 is 1.89 bits per heavy atom. The number of thiophene rings is 1. The monoisotopic (exact) mass is 276 g/mol. The summed E-state index contributed by atoms with van der Waals surface area (Å²) in [7, 11) is 0. The molecule has 2 aromatic rings. The second kappa shape index (κ2) is 4.70. The summed E-state index contributed by atoms with van der Waals surface area (Å²) in [5.74, 6) is -0.857. The van der Waals surface area contributed by atoms with E-state index in [-0.39, 0.29) is 5.56 Å². The zero-order valence-corrected chi connectivity index (χ0v) is 9.73. The van der Waals surface area contributed by atoms with Crippen molar-refractivity contribution in [2.75, 3.05) is 0 Å². The highest BCUT2D eigenvalue weighted by Gasteiger charge is 2.32. The van der Waals surface area contributed by atoms with Gasteiger partial charge in [0.05, 0.1) is 5.56 Å². The lowest BCUT2D eigenvalue weighted by Crippen LogP contribution is -2.08. The van der Waals surface area contributed by atoms with Crippen LogP contribution in [0.2, 0.25) is 0 Å². The van der Waals surface area contributed by atoms with Gasteiger partial charge in [-0.25, -0.2) is 4.39 Å². The fourth-order valence-corrected chi connectivity index (χ4v) is 2.26. The van der Waals surface area contributed by atoms with Gasteiger partial charge in [0.25, 0.3) is 0 Å². The molecule has 2 rings (SSSR count). The van der Waals surface area contributed by atoms with E-state index >= 15 is 0 Å². The van der Waals surface area contributed by atoms with Gasteiger partial charge < -0.3 is 5.11 Å². The van der Waals surface area contributed by atoms with Gasteiger partial charge >= 0.3 is 6.18 Å². The van der Waals surface area contributed by atoms with Crippen LogP contribution in [0.15, 0.2) is 35.7 Å². The van der Waals surface area contributed by atoms with E-state index in [1.54, 1.807) is 11.4 Å². The van der Waals surface area contributed by atoms with Crippen LogP contribution in [0.4, 0.5) is 17.6 Å². The number of benzene rings is 1. The zero-order valence-electron chi connectivity index (χ0n) is 8.91. The van der Waals surface area contributed by atoms with Crippen molar-refractivity contribution < 1.29 is 22.7 Å². The molecule has 1 nitrogen and oxygen atoms in total. The first-order valence-corrected chi connectivity index (χ1v) is 5.85. The van der Waals surface area contributed by atoms with Gasteiger partial charge in [-0.05, 0) is 29.6 Å². The van der Waals surface area contributed by atoms with Crippen LogP contribution in [0.5, 0.6) is 0 Å². The maximum Gasteiger partial charge on any atom is 0.416 e. The summed E-state index contributed by atoms with van der Waals surface area (Å²) in [5, 5.41) is 11.5. The maximum absolute atomic E-state index is 13.5. The summed E-state index contributed by atoms with van der Waals surface area (Å²) < 4.78 is 51.0. The van der Waals surface area contributed by atoms with Gasteiger partial charge in [0, 0.05) is 10.4 Å². The fraction of sp³-hybridized carbons (Fsp3) is 0.167. The molecular formula is C12H8F4OS. The lowest BCUT2D eigenvalue weighted by molar-refractivity contribution is -0.137. The molecule has 1 N–H and O–H groups in total. The third-order valence-corrected chi connectivity index (χ3v) is 3.36. The molecule has 1 atom stereocenters. The minimum Gasteiger partial charge on any atom is -0.383 e. The standard InChI is InChI=1S/C12H8F4OS/c13-9-4-3-7(12(14,15)16)6-8(9)11(17)10-2-1-5-18-10/h1-6,11,17H. The first-order chi connectivity index (χ1) is 8.39. The Morgan fingerprint density at radius 1 is 1.17 bits per heavy atom. The van der Waals surface area contributed by atoms with E-state index in [4.69, 9.17) is 0 Å². The molecule has 1 aromatic carbocycles. The lowest BCUT2D eigenvalue weighted by atomic mass is 10.0. The zero-order chi connectivity index (χ0) is 13.3. The van der Waals surface area contributed by atoms with Crippen molar-refractivity contribution in [1.82, 2.24) is 0 Å². The second-order valence-corrected chi connectivity index (χ2v) is 4.63. The van der Waals surface area contributed by atoms with Gasteiger partial charge in [0.1, 0.15) is 11.9 Å². The number of aliphatic hydroxyl groups excluding tert-OH is 1. The van der Waals surface area contributed by atoms with Crippen LogP contribution in [0, 0.1) is 5.82 Å². The average Bonchev–Trinajstić information content (AvgIpc) is 2.80. The Balaban J connectivity index is 2.44. The van der Waals surface area contributed by atoms with E-state index in [0.717, 1.165) is 17.4 Å². The van der Waals surface area contributed by atoms with Gasteiger partial charge in [-0.2, -0.15) is 13.2 Å². The molecule has 0 bridgehead atoms. The molecule has 0 radical (unpaired) electrons. The molecule has 96 valence electrons. The Morgan fingerprint density at radius 3 is 2.44 bits per heavy atom. The predicted octanol–water partition coefficient (Wildman–Crippen LogP) is 3.99. The molecular weight excluding hydrogens is 268 g/mol. The molecule has 0 spiro atoms. The van der Waals surface area contributed by atoms with E-state index in [1.165, 1.54) is 6.07 Å². The molecule has 0 saturated heterocycles. The highest BCUT2D eigenvalue weighted by molar-refractivity contribution is 7.10. The number of halogens is 4. The number of alkyl halides is 3. The summed E-state index contributed by atoms with van der Waals surface area (Å²) in [6.07, 6.45) is -5.94. The van der Waals surface area contributed by atoms with Crippen LogP contribution in [0.25, 0.3) is 0 Å². The summed E-state index contributed by atoms with van der Waals surface area (Å²) in [4.78, 5) is 0.397. The molecule has 1 aromatic heterocycles. The molecule has 18 heavy (non-hydrogen) atoms. The van der Waals surface area contributed by atoms with E-state index in [0.29, 0.717) is 17.0 Å². The Bertz CT molecular complexity index is 534. The maximum atomic E-state index is 13.5. The van der Waals surface area contributed by atoms with Gasteiger partial charge in [-0.3, -0.25) is 0 Å². The van der Waals surface area contributed by atoms with Crippen LogP contribution in [0.3, 0.4) is 0 Å². The highest BCUT2D eigenvalue weighted by atomic mass is 32.1. The summed E-state index contributed by atoms with van der Waals surface area (Å²) in [6.45, 7) is 0. The molecule has 6 heteroatoms. The third-order valence-electron chi connectivity index (χ3n) is 2.43. The minimum absolute atomic E-state index is 0.368. The van der Waals surface area contributed by atoms with Crippen molar-refractivity contribution in [3.63, 3.8) is 0 Å². The molecule has 1 unspecified atom stereocenters. The average molecular weight is 276 g/mol. The molecule has 0 aliphatic rings. The molecule has 1 heterocycles. The topological polar surface area (TPSA) is 20.2 Å². The fourth-order valence-electron chi connectivity index (χ4n) is 1.53. The molecule has 0 fully saturated rings. The van der Waals surface area contributed by atoms with Crippen molar-refractivity contribution in [1.29, 1.82) is 0 Å². The summed E-state index contributed by atoms with van der Waals surface area (Å²) >= 11 is 1.15. The van der Waals surface area contributed by atoms with Crippen molar-refractivity contribution >= 4 is 11.3 Å². The van der Waals surface area contributed by atoms with Gasteiger partial charge in [-0.15, -0.1) is 11.3 Å². The summed E-state index contributed by atoms with van der Waals surface area (Å²) in [6, 6.07) is 5.18. The number of rotatable bonds is 2. The van der Waals surface area contributed by atoms with Gasteiger partial charge in [0.2, 0.25) is 0 Å². The van der Waals surface area contributed by atoms with E-state index in [1.807, 2.05) is 0 Å². The van der Waals surface area contributed by atoms with Crippen molar-refractivity contribution in [2.45, 2.75) is 12.3 Å². The molecule has 0 aliphatic heterocycles. The van der Waals surface area contributed by atoms with Crippen LogP contribution in [0.1, 0.15) is 22.1 Å². The van der Waals surface area contributed by atoms with E-state index in [2.05, 4.69) is 0 Å². The van der Waals surface area contributed by atoms with Gasteiger partial charge in [-0.1, -0.05) is 6.07 Å². The second-order valence-electron chi connectivity index (χ2n) is 3.65. The number of hydrogen-bond donors (Lipinski definition) is 1. The Kier molecular flexibility index (Phi) is 3.41. The minimum atomic E-state index is -4.56. The van der Waals surface area contributed by atoms with Crippen molar-refractivity contribution in [3.05, 3.63) is 57.5 Å². The summed E-state index contributed by atoms with van der Waals surface area (Å²) in [5.41, 5.74) is -1.35. The van der Waals surface area contributed by atoms with Crippen molar-refractivity contribution in [2.24, 2.45) is 0 Å². The Labute approximate surface area is 104 Å². The van der Waals surface area contributed by atoms with E-state index < -0.39 is 23.7 Å². The number of aliphatic hydroxyl groups is 1. The SMILES string of the molecule is OC(c1cccs1)c1cc(C(F)(F)F)ccc1F. The lowest BCUT2D eigenvalue weighted by Gasteiger charge is -2.13. The van der Waals surface area contributed by atoms with Crippen LogP contribution in [-0.2, 0) is 6.18 Å². The largest absolute Gasteiger partial charge is 0.416 e. The van der Waals surface area contributed by atoms with Crippen LogP contribution >= 0.6 is 11.3 Å². The van der Waals surface area contributed by atoms with Gasteiger partial charge in [0.15, 0.2) is 0 Å². The third kappa shape index (κ3) is 2.54. The first kappa shape index (κ1) is 13.0. The highest BCUT2D eigenvalue weighted by Crippen LogP contribution is 2.34. The molecule has 0 amide bonds. The normalized spacial score (nSPS) is 13.6. The quantitative estimate of drug-likeness (QED) is 0.822. The van der Waals surface area contributed by atoms with Crippen LogP contribution in [-0.4, -0.2) is 5.11 Å². The number of hydrogen-bond acceptors (Lipinski definition) is 2. The Hall–Kier alpha value is -1.40.